The summed E-state index contributed by atoms with van der Waals surface area (Å²) in [6, 6.07) is 2.23. The van der Waals surface area contributed by atoms with E-state index < -0.39 is 0 Å². The average molecular weight is 245 g/mol. The molecule has 0 aromatic carbocycles. The molecule has 1 saturated carbocycles. The van der Waals surface area contributed by atoms with Crippen LogP contribution in [-0.4, -0.2) is 4.83 Å². The lowest BCUT2D eigenvalue weighted by Crippen LogP contribution is -2.23. The summed E-state index contributed by atoms with van der Waals surface area (Å²) in [5.74, 6) is 0.949. The Bertz CT molecular complexity index is 226. The Kier molecular flexibility index (Phi) is 2.87. The summed E-state index contributed by atoms with van der Waals surface area (Å²) in [4.78, 5) is 0.723. The van der Waals surface area contributed by atoms with E-state index in [9.17, 15) is 0 Å². The van der Waals surface area contributed by atoms with Crippen molar-refractivity contribution in [2.45, 2.75) is 30.5 Å². The van der Waals surface area contributed by atoms with Gasteiger partial charge in [-0.25, -0.2) is 0 Å². The molecule has 2 rings (SSSR count). The highest BCUT2D eigenvalue weighted by molar-refractivity contribution is 9.09. The van der Waals surface area contributed by atoms with Crippen LogP contribution in [-0.2, 0) is 6.42 Å². The molecular weight excluding hydrogens is 232 g/mol. The molecule has 0 saturated heterocycles. The zero-order valence-corrected chi connectivity index (χ0v) is 9.40. The van der Waals surface area contributed by atoms with Gasteiger partial charge < -0.3 is 0 Å². The van der Waals surface area contributed by atoms with E-state index in [2.05, 4.69) is 32.8 Å². The maximum atomic E-state index is 3.78. The fourth-order valence-electron chi connectivity index (χ4n) is 1.60. The molecule has 0 N–H and O–H groups in total. The summed E-state index contributed by atoms with van der Waals surface area (Å²) < 4.78 is 0. The zero-order chi connectivity index (χ0) is 8.39. The van der Waals surface area contributed by atoms with Crippen molar-refractivity contribution in [3.63, 3.8) is 0 Å². The van der Waals surface area contributed by atoms with Gasteiger partial charge in [-0.05, 0) is 47.6 Å². The molecule has 0 amide bonds. The summed E-state index contributed by atoms with van der Waals surface area (Å²) in [5.41, 5.74) is 1.49. The number of halogens is 1. The van der Waals surface area contributed by atoms with Crippen molar-refractivity contribution in [2.75, 3.05) is 0 Å². The van der Waals surface area contributed by atoms with Crippen molar-refractivity contribution in [3.05, 3.63) is 22.4 Å². The molecule has 1 aromatic rings. The van der Waals surface area contributed by atoms with Crippen LogP contribution in [0.2, 0.25) is 0 Å². The molecule has 0 radical (unpaired) electrons. The third-order valence-corrected chi connectivity index (χ3v) is 4.48. The zero-order valence-electron chi connectivity index (χ0n) is 7.00. The molecule has 1 aliphatic rings. The Morgan fingerprint density at radius 1 is 1.58 bits per heavy atom. The van der Waals surface area contributed by atoms with Crippen molar-refractivity contribution >= 4 is 27.3 Å². The molecule has 1 atom stereocenters. The number of hydrogen-bond acceptors (Lipinski definition) is 1. The molecule has 0 nitrogen and oxygen atoms in total. The second-order valence-corrected chi connectivity index (χ2v) is 5.50. The molecular formula is C10H13BrS. The molecule has 12 heavy (non-hydrogen) atoms. The van der Waals surface area contributed by atoms with Gasteiger partial charge in [0.1, 0.15) is 0 Å². The van der Waals surface area contributed by atoms with Gasteiger partial charge in [0.05, 0.1) is 0 Å². The number of rotatable bonds is 3. The lowest BCUT2D eigenvalue weighted by molar-refractivity contribution is 0.308. The van der Waals surface area contributed by atoms with Crippen LogP contribution in [0.4, 0.5) is 0 Å². The third-order valence-electron chi connectivity index (χ3n) is 2.67. The molecule has 0 aliphatic heterocycles. The predicted octanol–water partition coefficient (Wildman–Crippen LogP) is 3.85. The maximum Gasteiger partial charge on any atom is 0.0214 e. The Balaban J connectivity index is 1.86. The highest BCUT2D eigenvalue weighted by atomic mass is 79.9. The summed E-state index contributed by atoms with van der Waals surface area (Å²) in [6.07, 6.45) is 5.52. The van der Waals surface area contributed by atoms with Crippen LogP contribution >= 0.6 is 27.3 Å². The topological polar surface area (TPSA) is 0 Å². The molecule has 1 aliphatic carbocycles. The van der Waals surface area contributed by atoms with Crippen molar-refractivity contribution in [2.24, 2.45) is 5.92 Å². The summed E-state index contributed by atoms with van der Waals surface area (Å²) in [7, 11) is 0. The first-order valence-electron chi connectivity index (χ1n) is 4.51. The van der Waals surface area contributed by atoms with E-state index in [4.69, 9.17) is 0 Å². The molecule has 0 spiro atoms. The van der Waals surface area contributed by atoms with Gasteiger partial charge in [-0.15, -0.1) is 0 Å². The quantitative estimate of drug-likeness (QED) is 0.709. The second kappa shape index (κ2) is 3.93. The van der Waals surface area contributed by atoms with Crippen LogP contribution in [0, 0.1) is 5.92 Å². The summed E-state index contributed by atoms with van der Waals surface area (Å²) in [6.45, 7) is 0. The van der Waals surface area contributed by atoms with E-state index in [1.54, 1.807) is 11.3 Å². The van der Waals surface area contributed by atoms with Crippen molar-refractivity contribution in [3.8, 4) is 0 Å². The van der Waals surface area contributed by atoms with Gasteiger partial charge in [-0.3, -0.25) is 0 Å². The normalized spacial score (nSPS) is 20.4. The van der Waals surface area contributed by atoms with Gasteiger partial charge >= 0.3 is 0 Å². The van der Waals surface area contributed by atoms with Crippen molar-refractivity contribution in [1.82, 2.24) is 0 Å². The van der Waals surface area contributed by atoms with E-state index in [-0.39, 0.29) is 0 Å². The molecule has 66 valence electrons. The Labute approximate surface area is 86.1 Å². The summed E-state index contributed by atoms with van der Waals surface area (Å²) in [5, 5.41) is 4.42. The Morgan fingerprint density at radius 2 is 2.42 bits per heavy atom. The predicted molar refractivity (Wildman–Crippen MR) is 58.1 cm³/mol. The summed E-state index contributed by atoms with van der Waals surface area (Å²) >= 11 is 5.58. The van der Waals surface area contributed by atoms with Gasteiger partial charge in [0.2, 0.25) is 0 Å². The number of hydrogen-bond donors (Lipinski definition) is 0. The van der Waals surface area contributed by atoms with Gasteiger partial charge in [0.25, 0.3) is 0 Å². The van der Waals surface area contributed by atoms with Crippen LogP contribution in [0.3, 0.4) is 0 Å². The van der Waals surface area contributed by atoms with E-state index in [1.807, 2.05) is 0 Å². The largest absolute Gasteiger partial charge is 0.152 e. The van der Waals surface area contributed by atoms with Crippen LogP contribution in [0.25, 0.3) is 0 Å². The van der Waals surface area contributed by atoms with Crippen LogP contribution in [0.1, 0.15) is 24.8 Å². The highest BCUT2D eigenvalue weighted by Crippen LogP contribution is 2.35. The van der Waals surface area contributed by atoms with Gasteiger partial charge in [0.15, 0.2) is 0 Å². The van der Waals surface area contributed by atoms with E-state index in [0.29, 0.717) is 0 Å². The molecule has 0 bridgehead atoms. The molecule has 1 unspecified atom stereocenters. The number of thiophene rings is 1. The first kappa shape index (κ1) is 8.76. The SMILES string of the molecule is BrC(Cc1ccsc1)C1CCC1. The molecule has 1 heterocycles. The number of alkyl halides is 1. The monoisotopic (exact) mass is 244 g/mol. The molecule has 1 fully saturated rings. The minimum Gasteiger partial charge on any atom is -0.152 e. The average Bonchev–Trinajstić information content (AvgIpc) is 2.34. The molecule has 2 heteroatoms. The van der Waals surface area contributed by atoms with E-state index >= 15 is 0 Å². The Hall–Kier alpha value is 0.180. The second-order valence-electron chi connectivity index (χ2n) is 3.54. The van der Waals surface area contributed by atoms with Crippen LogP contribution < -0.4 is 0 Å². The van der Waals surface area contributed by atoms with Crippen molar-refractivity contribution in [1.29, 1.82) is 0 Å². The lowest BCUT2D eigenvalue weighted by atomic mass is 9.81. The fraction of sp³-hybridized carbons (Fsp3) is 0.600. The van der Waals surface area contributed by atoms with Crippen molar-refractivity contribution < 1.29 is 0 Å². The minimum absolute atomic E-state index is 0.723. The standard InChI is InChI=1S/C10H13BrS/c11-10(9-2-1-3-9)6-8-4-5-12-7-8/h4-5,7,9-10H,1-3,6H2. The third kappa shape index (κ3) is 1.91. The highest BCUT2D eigenvalue weighted by Gasteiger charge is 2.25. The van der Waals surface area contributed by atoms with E-state index in [1.165, 1.54) is 31.2 Å². The van der Waals surface area contributed by atoms with Gasteiger partial charge in [-0.1, -0.05) is 22.4 Å². The first-order chi connectivity index (χ1) is 5.86. The fourth-order valence-corrected chi connectivity index (χ4v) is 3.19. The van der Waals surface area contributed by atoms with Gasteiger partial charge in [-0.2, -0.15) is 11.3 Å². The maximum absolute atomic E-state index is 3.78. The smallest absolute Gasteiger partial charge is 0.0214 e. The molecule has 1 aromatic heterocycles. The first-order valence-corrected chi connectivity index (χ1v) is 6.37. The Morgan fingerprint density at radius 3 is 2.92 bits per heavy atom. The van der Waals surface area contributed by atoms with Crippen LogP contribution in [0.15, 0.2) is 16.8 Å². The van der Waals surface area contributed by atoms with Crippen LogP contribution in [0.5, 0.6) is 0 Å². The van der Waals surface area contributed by atoms with Gasteiger partial charge in [0, 0.05) is 4.83 Å². The van der Waals surface area contributed by atoms with E-state index in [0.717, 1.165) is 10.7 Å². The lowest BCUT2D eigenvalue weighted by Gasteiger charge is -2.29. The minimum atomic E-state index is 0.723.